The van der Waals surface area contributed by atoms with Crippen molar-refractivity contribution in [2.75, 3.05) is 0 Å². The molecule has 0 amide bonds. The van der Waals surface area contributed by atoms with Gasteiger partial charge in [-0.2, -0.15) is 0 Å². The highest BCUT2D eigenvalue weighted by Crippen LogP contribution is 2.37. The molecule has 2 aromatic rings. The number of allylic oxidation sites excluding steroid dienone is 1. The number of carboxylic acids is 1. The third-order valence-corrected chi connectivity index (χ3v) is 4.62. The average molecular weight is 383 g/mol. The number of hydrogen-bond acceptors (Lipinski definition) is 3. The summed E-state index contributed by atoms with van der Waals surface area (Å²) in [5, 5.41) is 19.3. The molecule has 2 aromatic carbocycles. The summed E-state index contributed by atoms with van der Waals surface area (Å²) in [6, 6.07) is 11.5. The van der Waals surface area contributed by atoms with Gasteiger partial charge in [0.25, 0.3) is 0 Å². The van der Waals surface area contributed by atoms with Crippen LogP contribution in [0.1, 0.15) is 68.6 Å². The number of aromatic hydroxyl groups is 1. The largest absolute Gasteiger partial charge is 0.507 e. The minimum atomic E-state index is -1.09. The van der Waals surface area contributed by atoms with Gasteiger partial charge >= 0.3 is 5.97 Å². The monoisotopic (exact) mass is 382 g/mol. The van der Waals surface area contributed by atoms with Gasteiger partial charge in [0, 0.05) is 5.56 Å². The maximum absolute atomic E-state index is 11.2. The topological polar surface area (TPSA) is 66.8 Å². The van der Waals surface area contributed by atoms with E-state index in [1.54, 1.807) is 12.3 Å². The fourth-order valence-corrected chi connectivity index (χ4v) is 2.89. The minimum Gasteiger partial charge on any atom is -0.507 e. The molecule has 3 rings (SSSR count). The first-order valence-electron chi connectivity index (χ1n) is 9.42. The zero-order valence-electron chi connectivity index (χ0n) is 17.5. The molecule has 0 radical (unpaired) electrons. The van der Waals surface area contributed by atoms with Crippen LogP contribution in [-0.4, -0.2) is 16.2 Å². The summed E-state index contributed by atoms with van der Waals surface area (Å²) in [6.07, 6.45) is 4.75. The molecule has 4 nitrogen and oxygen atoms in total. The van der Waals surface area contributed by atoms with Crippen LogP contribution in [0.5, 0.6) is 11.5 Å². The highest BCUT2D eigenvalue weighted by Gasteiger charge is 2.26. The fraction of sp³-hybridized carbons (Fsp3) is 0.375. The number of hydrogen-bond donors (Lipinski definition) is 2. The molecule has 0 aliphatic carbocycles. The maximum Gasteiger partial charge on any atom is 0.339 e. The summed E-state index contributed by atoms with van der Waals surface area (Å²) in [4.78, 5) is 11.2. The molecule has 1 aliphatic rings. The molecule has 0 aromatic heterocycles. The fourth-order valence-electron chi connectivity index (χ4n) is 2.89. The molecule has 0 spiro atoms. The zero-order valence-corrected chi connectivity index (χ0v) is 17.5. The van der Waals surface area contributed by atoms with Crippen LogP contribution >= 0.6 is 0 Å². The minimum absolute atomic E-state index is 0.0210. The van der Waals surface area contributed by atoms with Gasteiger partial charge in [0.1, 0.15) is 17.1 Å². The number of phenols is 1. The SMILES string of the molecule is C1=COc2ccccc2C1.CC(C)(C)c1cc(C(=O)O)c(O)c(C(C)(C)C)c1. The van der Waals surface area contributed by atoms with Crippen molar-refractivity contribution < 1.29 is 19.7 Å². The molecule has 2 N–H and O–H groups in total. The normalized spacial score (nSPS) is 13.1. The maximum atomic E-state index is 11.2. The van der Waals surface area contributed by atoms with Gasteiger partial charge in [-0.15, -0.1) is 0 Å². The van der Waals surface area contributed by atoms with E-state index in [2.05, 4.69) is 6.07 Å². The quantitative estimate of drug-likeness (QED) is 0.652. The lowest BCUT2D eigenvalue weighted by atomic mass is 9.79. The third-order valence-electron chi connectivity index (χ3n) is 4.62. The number of aromatic carboxylic acids is 1. The molecule has 0 atom stereocenters. The van der Waals surface area contributed by atoms with Crippen molar-refractivity contribution in [1.29, 1.82) is 0 Å². The van der Waals surface area contributed by atoms with Crippen molar-refractivity contribution in [2.24, 2.45) is 0 Å². The molecule has 0 saturated heterocycles. The van der Waals surface area contributed by atoms with Crippen LogP contribution in [0.15, 0.2) is 48.7 Å². The number of ether oxygens (including phenoxy) is 1. The van der Waals surface area contributed by atoms with Gasteiger partial charge in [-0.3, -0.25) is 0 Å². The lowest BCUT2D eigenvalue weighted by molar-refractivity contribution is 0.0693. The summed E-state index contributed by atoms with van der Waals surface area (Å²) in [5.41, 5.74) is 2.39. The Morgan fingerprint density at radius 1 is 1.00 bits per heavy atom. The van der Waals surface area contributed by atoms with Crippen molar-refractivity contribution in [1.82, 2.24) is 0 Å². The second kappa shape index (κ2) is 8.09. The number of fused-ring (bicyclic) bond motifs is 1. The highest BCUT2D eigenvalue weighted by molar-refractivity contribution is 5.91. The summed E-state index contributed by atoms with van der Waals surface area (Å²) < 4.78 is 5.24. The van der Waals surface area contributed by atoms with Crippen molar-refractivity contribution in [2.45, 2.75) is 58.8 Å². The number of benzene rings is 2. The highest BCUT2D eigenvalue weighted by atomic mass is 16.5. The summed E-state index contributed by atoms with van der Waals surface area (Å²) in [7, 11) is 0. The van der Waals surface area contributed by atoms with Crippen LogP contribution in [0.2, 0.25) is 0 Å². The summed E-state index contributed by atoms with van der Waals surface area (Å²) in [5.74, 6) is -0.225. The first-order chi connectivity index (χ1) is 12.9. The Balaban J connectivity index is 0.000000233. The van der Waals surface area contributed by atoms with Gasteiger partial charge in [-0.1, -0.05) is 65.8 Å². The van der Waals surface area contributed by atoms with E-state index in [0.29, 0.717) is 5.56 Å². The van der Waals surface area contributed by atoms with Gasteiger partial charge in [0.05, 0.1) is 6.26 Å². The number of rotatable bonds is 1. The van der Waals surface area contributed by atoms with Crippen LogP contribution in [0.3, 0.4) is 0 Å². The molecule has 1 aliphatic heterocycles. The molecular formula is C24H30O4. The van der Waals surface area contributed by atoms with Crippen LogP contribution in [0.4, 0.5) is 0 Å². The van der Waals surface area contributed by atoms with Gasteiger partial charge < -0.3 is 14.9 Å². The summed E-state index contributed by atoms with van der Waals surface area (Å²) in [6.45, 7) is 12.0. The van der Waals surface area contributed by atoms with Crippen LogP contribution in [0, 0.1) is 0 Å². The van der Waals surface area contributed by atoms with Crippen molar-refractivity contribution in [3.8, 4) is 11.5 Å². The predicted molar refractivity (Wildman–Crippen MR) is 112 cm³/mol. The Hall–Kier alpha value is -2.75. The van der Waals surface area contributed by atoms with E-state index in [1.165, 1.54) is 5.56 Å². The Bertz CT molecular complexity index is 853. The lowest BCUT2D eigenvalue weighted by Gasteiger charge is -2.26. The Morgan fingerprint density at radius 2 is 1.64 bits per heavy atom. The Labute approximate surface area is 167 Å². The van der Waals surface area contributed by atoms with E-state index in [1.807, 2.05) is 71.9 Å². The van der Waals surface area contributed by atoms with Crippen molar-refractivity contribution >= 4 is 5.97 Å². The smallest absolute Gasteiger partial charge is 0.339 e. The molecule has 0 unspecified atom stereocenters. The molecule has 0 bridgehead atoms. The molecule has 1 heterocycles. The van der Waals surface area contributed by atoms with Crippen LogP contribution < -0.4 is 4.74 Å². The Morgan fingerprint density at radius 3 is 2.18 bits per heavy atom. The van der Waals surface area contributed by atoms with E-state index in [-0.39, 0.29) is 22.1 Å². The van der Waals surface area contributed by atoms with Crippen LogP contribution in [-0.2, 0) is 17.3 Å². The number of carbonyl (C=O) groups is 1. The molecule has 28 heavy (non-hydrogen) atoms. The predicted octanol–water partition coefficient (Wildman–Crippen LogP) is 5.82. The van der Waals surface area contributed by atoms with Gasteiger partial charge in [-0.25, -0.2) is 4.79 Å². The second-order valence-corrected chi connectivity index (χ2v) is 9.03. The average Bonchev–Trinajstić information content (AvgIpc) is 2.60. The summed E-state index contributed by atoms with van der Waals surface area (Å²) >= 11 is 0. The van der Waals surface area contributed by atoms with Crippen molar-refractivity contribution in [3.05, 3.63) is 71.0 Å². The Kier molecular flexibility index (Phi) is 6.23. The third kappa shape index (κ3) is 5.16. The molecule has 0 fully saturated rings. The second-order valence-electron chi connectivity index (χ2n) is 9.03. The van der Waals surface area contributed by atoms with Crippen LogP contribution in [0.25, 0.3) is 0 Å². The van der Waals surface area contributed by atoms with Crippen molar-refractivity contribution in [3.63, 3.8) is 0 Å². The van der Waals surface area contributed by atoms with E-state index >= 15 is 0 Å². The van der Waals surface area contributed by atoms with Gasteiger partial charge in [0.2, 0.25) is 0 Å². The van der Waals surface area contributed by atoms with Gasteiger partial charge in [0.15, 0.2) is 0 Å². The first kappa shape index (κ1) is 21.5. The molecule has 0 saturated carbocycles. The van der Waals surface area contributed by atoms with Gasteiger partial charge in [-0.05, 0) is 46.6 Å². The lowest BCUT2D eigenvalue weighted by Crippen LogP contribution is -2.18. The molecule has 150 valence electrons. The number of para-hydroxylation sites is 1. The zero-order chi connectivity index (χ0) is 21.1. The number of carboxylic acid groups (broad SMARTS) is 1. The molecule has 4 heteroatoms. The van der Waals surface area contributed by atoms with E-state index in [0.717, 1.165) is 17.7 Å². The van der Waals surface area contributed by atoms with E-state index in [4.69, 9.17) is 4.74 Å². The first-order valence-corrected chi connectivity index (χ1v) is 9.42. The molecular weight excluding hydrogens is 352 g/mol. The van der Waals surface area contributed by atoms with E-state index in [9.17, 15) is 15.0 Å². The standard InChI is InChI=1S/C15H22O3.C9H8O/c1-14(2,3)9-7-10(13(17)18)12(16)11(8-9)15(4,5)6;1-2-6-9-8(4-1)5-3-7-10-9/h7-8,16H,1-6H3,(H,17,18);1-4,6-7H,5H2. The van der Waals surface area contributed by atoms with E-state index < -0.39 is 5.97 Å².